The molecule has 2 N–H and O–H groups in total. The van der Waals surface area contributed by atoms with E-state index in [9.17, 15) is 4.79 Å². The molecule has 0 aromatic heterocycles. The second-order valence-corrected chi connectivity index (χ2v) is 4.53. The monoisotopic (exact) mass is 228 g/mol. The molecule has 1 unspecified atom stereocenters. The topological polar surface area (TPSA) is 61.8 Å². The summed E-state index contributed by atoms with van der Waals surface area (Å²) in [6.07, 6.45) is 2.74. The first-order valence-corrected chi connectivity index (χ1v) is 6.05. The van der Waals surface area contributed by atoms with Crippen LogP contribution >= 0.6 is 0 Å². The Hall–Kier alpha value is -0.810. The molecule has 5 nitrogen and oxygen atoms in total. The van der Waals surface area contributed by atoms with Crippen molar-refractivity contribution in [2.24, 2.45) is 5.92 Å². The molecule has 2 amide bonds. The molecule has 2 saturated heterocycles. The van der Waals surface area contributed by atoms with Crippen LogP contribution in [0.1, 0.15) is 19.3 Å². The van der Waals surface area contributed by atoms with E-state index in [4.69, 9.17) is 9.84 Å². The Kier molecular flexibility index (Phi) is 4.01. The van der Waals surface area contributed by atoms with Gasteiger partial charge in [0, 0.05) is 32.9 Å². The molecule has 1 atom stereocenters. The molecule has 0 aromatic rings. The zero-order valence-corrected chi connectivity index (χ0v) is 9.52. The van der Waals surface area contributed by atoms with Crippen molar-refractivity contribution in [3.8, 4) is 0 Å². The van der Waals surface area contributed by atoms with Gasteiger partial charge in [-0.15, -0.1) is 0 Å². The fourth-order valence-electron chi connectivity index (χ4n) is 2.46. The Bertz CT molecular complexity index is 241. The van der Waals surface area contributed by atoms with E-state index >= 15 is 0 Å². The number of carbonyl (C=O) groups is 1. The number of aliphatic hydroxyl groups is 1. The number of nitrogens with zero attached hydrogens (tertiary/aromatic N) is 1. The van der Waals surface area contributed by atoms with Crippen LogP contribution < -0.4 is 5.32 Å². The van der Waals surface area contributed by atoms with Crippen LogP contribution in [-0.4, -0.2) is 55.0 Å². The largest absolute Gasteiger partial charge is 0.396 e. The van der Waals surface area contributed by atoms with Gasteiger partial charge in [-0.05, 0) is 25.2 Å². The maximum atomic E-state index is 11.6. The number of amides is 2. The van der Waals surface area contributed by atoms with Gasteiger partial charge in [0.2, 0.25) is 0 Å². The lowest BCUT2D eigenvalue weighted by molar-refractivity contribution is 0.0566. The zero-order valence-electron chi connectivity index (χ0n) is 9.52. The van der Waals surface area contributed by atoms with Crippen LogP contribution in [0.15, 0.2) is 0 Å². The Morgan fingerprint density at radius 3 is 2.88 bits per heavy atom. The van der Waals surface area contributed by atoms with Gasteiger partial charge in [-0.1, -0.05) is 0 Å². The molecule has 0 aromatic carbocycles. The Balaban J connectivity index is 1.82. The quantitative estimate of drug-likeness (QED) is 0.722. The van der Waals surface area contributed by atoms with Crippen LogP contribution in [0, 0.1) is 5.92 Å². The minimum absolute atomic E-state index is 0.0185. The van der Waals surface area contributed by atoms with Gasteiger partial charge in [-0.3, -0.25) is 0 Å². The first kappa shape index (κ1) is 11.7. The lowest BCUT2D eigenvalue weighted by atomic mass is 9.92. The fraction of sp³-hybridized carbons (Fsp3) is 0.909. The summed E-state index contributed by atoms with van der Waals surface area (Å²) in [5.41, 5.74) is 0. The van der Waals surface area contributed by atoms with E-state index in [0.717, 1.165) is 32.6 Å². The molecular formula is C11H20N2O3. The number of nitrogens with one attached hydrogen (secondary N) is 1. The molecule has 2 fully saturated rings. The lowest BCUT2D eigenvalue weighted by Gasteiger charge is -2.26. The highest BCUT2D eigenvalue weighted by Crippen LogP contribution is 2.22. The third kappa shape index (κ3) is 2.65. The number of hydrogen-bond acceptors (Lipinski definition) is 3. The van der Waals surface area contributed by atoms with Crippen LogP contribution in [0.2, 0.25) is 0 Å². The van der Waals surface area contributed by atoms with Crippen LogP contribution in [0.4, 0.5) is 4.79 Å². The van der Waals surface area contributed by atoms with Crippen molar-refractivity contribution < 1.29 is 14.6 Å². The predicted octanol–water partition coefficient (Wildman–Crippen LogP) is 0.189. The maximum absolute atomic E-state index is 11.6. The van der Waals surface area contributed by atoms with Gasteiger partial charge in [-0.2, -0.15) is 0 Å². The van der Waals surface area contributed by atoms with Crippen LogP contribution in [0.25, 0.3) is 0 Å². The third-order valence-corrected chi connectivity index (χ3v) is 3.43. The summed E-state index contributed by atoms with van der Waals surface area (Å²) in [5, 5.41) is 11.8. The summed E-state index contributed by atoms with van der Waals surface area (Å²) in [5.74, 6) is 0.553. The van der Waals surface area contributed by atoms with Crippen LogP contribution in [0.5, 0.6) is 0 Å². The molecule has 0 bridgehead atoms. The predicted molar refractivity (Wildman–Crippen MR) is 59.1 cm³/mol. The Morgan fingerprint density at radius 1 is 1.44 bits per heavy atom. The van der Waals surface area contributed by atoms with Crippen molar-refractivity contribution >= 4 is 6.03 Å². The molecule has 2 aliphatic heterocycles. The van der Waals surface area contributed by atoms with Crippen molar-refractivity contribution in [1.82, 2.24) is 10.2 Å². The van der Waals surface area contributed by atoms with E-state index in [1.165, 1.54) is 0 Å². The molecular weight excluding hydrogens is 208 g/mol. The number of aliphatic hydroxyl groups excluding tert-OH is 1. The van der Waals surface area contributed by atoms with Crippen molar-refractivity contribution in [2.45, 2.75) is 25.3 Å². The number of ether oxygens (including phenoxy) is 1. The Labute approximate surface area is 95.8 Å². The molecule has 0 spiro atoms. The van der Waals surface area contributed by atoms with Gasteiger partial charge in [0.1, 0.15) is 0 Å². The first-order chi connectivity index (χ1) is 7.81. The Morgan fingerprint density at radius 2 is 2.19 bits per heavy atom. The molecule has 92 valence electrons. The van der Waals surface area contributed by atoms with Crippen LogP contribution in [0.3, 0.4) is 0 Å². The minimum atomic E-state index is 0.0185. The van der Waals surface area contributed by atoms with Gasteiger partial charge in [0.15, 0.2) is 0 Å². The van der Waals surface area contributed by atoms with Crippen molar-refractivity contribution in [2.75, 3.05) is 32.9 Å². The highest BCUT2D eigenvalue weighted by Gasteiger charge is 2.34. The zero-order chi connectivity index (χ0) is 11.4. The third-order valence-electron chi connectivity index (χ3n) is 3.43. The molecule has 2 heterocycles. The highest BCUT2D eigenvalue weighted by atomic mass is 16.5. The highest BCUT2D eigenvalue weighted by molar-refractivity contribution is 5.76. The van der Waals surface area contributed by atoms with E-state index in [2.05, 4.69) is 5.32 Å². The number of rotatable bonds is 4. The SMILES string of the molecule is O=C1NC(C2CCOCC2)CN1CCCO. The first-order valence-electron chi connectivity index (χ1n) is 6.05. The van der Waals surface area contributed by atoms with E-state index in [-0.39, 0.29) is 18.7 Å². The summed E-state index contributed by atoms with van der Waals surface area (Å²) in [6, 6.07) is 0.292. The second-order valence-electron chi connectivity index (χ2n) is 4.53. The van der Waals surface area contributed by atoms with E-state index < -0.39 is 0 Å². The van der Waals surface area contributed by atoms with E-state index in [0.29, 0.717) is 18.9 Å². The van der Waals surface area contributed by atoms with Gasteiger partial charge in [0.05, 0.1) is 6.04 Å². The molecule has 16 heavy (non-hydrogen) atoms. The summed E-state index contributed by atoms with van der Waals surface area (Å²) < 4.78 is 5.32. The van der Waals surface area contributed by atoms with Gasteiger partial charge in [-0.25, -0.2) is 4.79 Å². The van der Waals surface area contributed by atoms with Gasteiger partial charge in [0.25, 0.3) is 0 Å². The molecule has 0 saturated carbocycles. The van der Waals surface area contributed by atoms with Crippen molar-refractivity contribution in [3.05, 3.63) is 0 Å². The average molecular weight is 228 g/mol. The van der Waals surface area contributed by atoms with E-state index in [1.54, 1.807) is 4.90 Å². The van der Waals surface area contributed by atoms with Crippen molar-refractivity contribution in [3.63, 3.8) is 0 Å². The van der Waals surface area contributed by atoms with Crippen LogP contribution in [-0.2, 0) is 4.74 Å². The van der Waals surface area contributed by atoms with Crippen molar-refractivity contribution in [1.29, 1.82) is 0 Å². The summed E-state index contributed by atoms with van der Waals surface area (Å²) in [4.78, 5) is 13.4. The smallest absolute Gasteiger partial charge is 0.317 e. The maximum Gasteiger partial charge on any atom is 0.317 e. The fourth-order valence-corrected chi connectivity index (χ4v) is 2.46. The molecule has 2 rings (SSSR count). The minimum Gasteiger partial charge on any atom is -0.396 e. The molecule has 5 heteroatoms. The lowest BCUT2D eigenvalue weighted by Crippen LogP contribution is -2.37. The summed E-state index contributed by atoms with van der Waals surface area (Å²) in [6.45, 7) is 3.21. The normalized spacial score (nSPS) is 27.2. The number of hydrogen-bond donors (Lipinski definition) is 2. The van der Waals surface area contributed by atoms with Gasteiger partial charge < -0.3 is 20.1 Å². The summed E-state index contributed by atoms with van der Waals surface area (Å²) in [7, 11) is 0. The standard InChI is InChI=1S/C11H20N2O3/c14-5-1-4-13-8-10(12-11(13)15)9-2-6-16-7-3-9/h9-10,14H,1-8H2,(H,12,15). The van der Waals surface area contributed by atoms with Gasteiger partial charge >= 0.3 is 6.03 Å². The average Bonchev–Trinajstić information content (AvgIpc) is 2.69. The molecule has 0 radical (unpaired) electrons. The second kappa shape index (κ2) is 5.50. The number of urea groups is 1. The van der Waals surface area contributed by atoms with E-state index in [1.807, 2.05) is 0 Å². The molecule has 0 aliphatic carbocycles. The number of carbonyl (C=O) groups excluding carboxylic acids is 1. The summed E-state index contributed by atoms with van der Waals surface area (Å²) >= 11 is 0. The molecule has 2 aliphatic rings.